The van der Waals surface area contributed by atoms with Crippen LogP contribution in [0.3, 0.4) is 0 Å². The van der Waals surface area contributed by atoms with Crippen LogP contribution in [0.25, 0.3) is 65.8 Å². The topological polar surface area (TPSA) is 42.4 Å². The molecule has 4 heteroatoms. The highest BCUT2D eigenvalue weighted by Crippen LogP contribution is 2.41. The number of fused-ring (bicyclic) bond motifs is 8. The summed E-state index contributed by atoms with van der Waals surface area (Å²) in [6, 6.07) is 48.4. The van der Waals surface area contributed by atoms with Crippen molar-refractivity contribution in [2.75, 3.05) is 4.90 Å². The molecule has 6 aromatic carbocycles. The molecule has 0 N–H and O–H groups in total. The maximum Gasteiger partial charge on any atom is 0.153 e. The van der Waals surface area contributed by atoms with E-state index in [1.54, 1.807) is 0 Å². The van der Waals surface area contributed by atoms with Crippen LogP contribution < -0.4 is 4.90 Å². The lowest BCUT2D eigenvalue weighted by molar-refractivity contribution is 0.669. The molecule has 0 radical (unpaired) electrons. The molecule has 0 amide bonds. The zero-order valence-electron chi connectivity index (χ0n) is 23.1. The van der Waals surface area contributed by atoms with Crippen LogP contribution in [0.5, 0.6) is 0 Å². The number of pyridine rings is 1. The maximum absolute atomic E-state index is 6.38. The van der Waals surface area contributed by atoms with Crippen LogP contribution in [0.15, 0.2) is 155 Å². The van der Waals surface area contributed by atoms with Gasteiger partial charge in [0.1, 0.15) is 22.6 Å². The molecule has 0 saturated carbocycles. The van der Waals surface area contributed by atoms with Crippen LogP contribution in [0.1, 0.15) is 0 Å². The summed E-state index contributed by atoms with van der Waals surface area (Å²) in [7, 11) is 0. The third-order valence-corrected chi connectivity index (χ3v) is 8.31. The summed E-state index contributed by atoms with van der Waals surface area (Å²) in [5.74, 6) is 0.808. The fraction of sp³-hybridized carbons (Fsp3) is 0. The zero-order chi connectivity index (χ0) is 28.3. The second-order valence-corrected chi connectivity index (χ2v) is 10.8. The SMILES string of the molecule is c1ccc(-c2ccc(N(c3ccc4oc5ccccc5c4c3)c3cc4c(cn3)oc3c5ccccc5ccc43)cc2)cc1. The van der Waals surface area contributed by atoms with Crippen LogP contribution in [-0.2, 0) is 0 Å². The zero-order valence-corrected chi connectivity index (χ0v) is 23.1. The van der Waals surface area contributed by atoms with Crippen molar-refractivity contribution >= 4 is 71.8 Å². The summed E-state index contributed by atoms with van der Waals surface area (Å²) >= 11 is 0. The first-order chi connectivity index (χ1) is 21.3. The van der Waals surface area contributed by atoms with Crippen LogP contribution in [-0.4, -0.2) is 4.98 Å². The van der Waals surface area contributed by atoms with Crippen molar-refractivity contribution in [3.8, 4) is 11.1 Å². The van der Waals surface area contributed by atoms with Gasteiger partial charge in [0.15, 0.2) is 5.58 Å². The molecule has 0 aliphatic heterocycles. The van der Waals surface area contributed by atoms with Crippen molar-refractivity contribution in [1.29, 1.82) is 0 Å². The Balaban J connectivity index is 1.25. The summed E-state index contributed by atoms with van der Waals surface area (Å²) in [6.07, 6.45) is 1.84. The van der Waals surface area contributed by atoms with Crippen LogP contribution in [0.2, 0.25) is 0 Å². The number of benzene rings is 6. The summed E-state index contributed by atoms with van der Waals surface area (Å²) in [6.45, 7) is 0. The number of nitrogens with zero attached hydrogens (tertiary/aromatic N) is 2. The first-order valence-electron chi connectivity index (χ1n) is 14.4. The lowest BCUT2D eigenvalue weighted by Gasteiger charge is -2.24. The average Bonchev–Trinajstić information content (AvgIpc) is 3.64. The number of aromatic nitrogens is 1. The van der Waals surface area contributed by atoms with E-state index in [1.807, 2.05) is 36.5 Å². The second kappa shape index (κ2) is 9.33. The smallest absolute Gasteiger partial charge is 0.153 e. The van der Waals surface area contributed by atoms with Crippen molar-refractivity contribution in [2.24, 2.45) is 0 Å². The molecule has 9 rings (SSSR count). The number of anilines is 3. The molecule has 202 valence electrons. The summed E-state index contributed by atoms with van der Waals surface area (Å²) in [5.41, 5.74) is 7.75. The van der Waals surface area contributed by atoms with Crippen molar-refractivity contribution in [3.63, 3.8) is 0 Å². The van der Waals surface area contributed by atoms with Crippen molar-refractivity contribution < 1.29 is 8.83 Å². The van der Waals surface area contributed by atoms with Gasteiger partial charge in [0.05, 0.1) is 6.20 Å². The highest BCUT2D eigenvalue weighted by Gasteiger charge is 2.19. The Kier molecular flexibility index (Phi) is 5.16. The molecule has 0 fully saturated rings. The molecular weight excluding hydrogens is 528 g/mol. The molecule has 0 saturated heterocycles. The van der Waals surface area contributed by atoms with E-state index in [0.717, 1.165) is 77.4 Å². The minimum Gasteiger partial charge on any atom is -0.456 e. The van der Waals surface area contributed by atoms with E-state index in [9.17, 15) is 0 Å². The fourth-order valence-corrected chi connectivity index (χ4v) is 6.22. The number of hydrogen-bond acceptors (Lipinski definition) is 4. The van der Waals surface area contributed by atoms with Gasteiger partial charge >= 0.3 is 0 Å². The molecule has 0 unspecified atom stereocenters. The molecule has 0 aliphatic rings. The lowest BCUT2D eigenvalue weighted by atomic mass is 10.0. The van der Waals surface area contributed by atoms with Crippen molar-refractivity contribution in [3.05, 3.63) is 146 Å². The van der Waals surface area contributed by atoms with Crippen LogP contribution in [0, 0.1) is 0 Å². The highest BCUT2D eigenvalue weighted by molar-refractivity contribution is 6.15. The molecule has 0 spiro atoms. The van der Waals surface area contributed by atoms with E-state index in [0.29, 0.717) is 0 Å². The average molecular weight is 553 g/mol. The highest BCUT2D eigenvalue weighted by atomic mass is 16.3. The number of para-hydroxylation sites is 1. The molecule has 0 atom stereocenters. The third-order valence-electron chi connectivity index (χ3n) is 8.31. The third kappa shape index (κ3) is 3.81. The van der Waals surface area contributed by atoms with E-state index >= 15 is 0 Å². The van der Waals surface area contributed by atoms with Gasteiger partial charge in [-0.1, -0.05) is 91.0 Å². The maximum atomic E-state index is 6.38. The Morgan fingerprint density at radius 1 is 0.442 bits per heavy atom. The van der Waals surface area contributed by atoms with Gasteiger partial charge in [0, 0.05) is 38.3 Å². The normalized spacial score (nSPS) is 11.7. The number of hydrogen-bond donors (Lipinski definition) is 0. The first-order valence-corrected chi connectivity index (χ1v) is 14.4. The number of rotatable bonds is 4. The first kappa shape index (κ1) is 23.8. The number of furan rings is 2. The van der Waals surface area contributed by atoms with Gasteiger partial charge in [0.2, 0.25) is 0 Å². The summed E-state index contributed by atoms with van der Waals surface area (Å²) < 4.78 is 12.5. The van der Waals surface area contributed by atoms with Gasteiger partial charge in [-0.25, -0.2) is 4.98 Å². The lowest BCUT2D eigenvalue weighted by Crippen LogP contribution is -2.11. The Labute approximate surface area is 247 Å². The standard InChI is InChI=1S/C39H24N2O2/c1-2-8-25(9-3-1)26-14-17-28(18-15-26)41(29-19-21-36-33(22-29)31-12-6-7-13-35(31)42-36)38-23-34-32-20-16-27-10-4-5-11-30(27)39(32)43-37(34)24-40-38/h1-24H. The predicted molar refractivity (Wildman–Crippen MR) is 176 cm³/mol. The fourth-order valence-electron chi connectivity index (χ4n) is 6.22. The predicted octanol–water partition coefficient (Wildman–Crippen LogP) is 11.2. The van der Waals surface area contributed by atoms with Gasteiger partial charge in [-0.2, -0.15) is 0 Å². The van der Waals surface area contributed by atoms with Gasteiger partial charge in [-0.3, -0.25) is 4.90 Å². The molecular formula is C39H24N2O2. The van der Waals surface area contributed by atoms with Crippen molar-refractivity contribution in [1.82, 2.24) is 4.98 Å². The van der Waals surface area contributed by atoms with Gasteiger partial charge in [-0.05, 0) is 65.0 Å². The van der Waals surface area contributed by atoms with E-state index < -0.39 is 0 Å². The molecule has 0 bridgehead atoms. The molecule has 9 aromatic rings. The van der Waals surface area contributed by atoms with E-state index in [-0.39, 0.29) is 0 Å². The molecule has 3 aromatic heterocycles. The van der Waals surface area contributed by atoms with E-state index in [1.165, 1.54) is 5.56 Å². The quantitative estimate of drug-likeness (QED) is 0.218. The molecule has 43 heavy (non-hydrogen) atoms. The Bertz CT molecular complexity index is 2450. The van der Waals surface area contributed by atoms with Crippen molar-refractivity contribution in [2.45, 2.75) is 0 Å². The minimum absolute atomic E-state index is 0.769. The van der Waals surface area contributed by atoms with Gasteiger partial charge < -0.3 is 8.83 Å². The Morgan fingerprint density at radius 2 is 1.14 bits per heavy atom. The van der Waals surface area contributed by atoms with E-state index in [2.05, 4.69) is 114 Å². The van der Waals surface area contributed by atoms with Crippen LogP contribution in [0.4, 0.5) is 17.2 Å². The second-order valence-electron chi connectivity index (χ2n) is 10.8. The Morgan fingerprint density at radius 3 is 2.02 bits per heavy atom. The summed E-state index contributed by atoms with van der Waals surface area (Å²) in [4.78, 5) is 7.16. The molecule has 0 aliphatic carbocycles. The Hall–Kier alpha value is -5.87. The molecule has 3 heterocycles. The van der Waals surface area contributed by atoms with E-state index in [4.69, 9.17) is 13.8 Å². The van der Waals surface area contributed by atoms with Gasteiger partial charge in [-0.15, -0.1) is 0 Å². The monoisotopic (exact) mass is 552 g/mol. The largest absolute Gasteiger partial charge is 0.456 e. The molecule has 4 nitrogen and oxygen atoms in total. The minimum atomic E-state index is 0.769. The van der Waals surface area contributed by atoms with Crippen LogP contribution >= 0.6 is 0 Å². The summed E-state index contributed by atoms with van der Waals surface area (Å²) in [5, 5.41) is 6.53. The van der Waals surface area contributed by atoms with Gasteiger partial charge in [0.25, 0.3) is 0 Å².